The maximum atomic E-state index is 12.3. The fourth-order valence-corrected chi connectivity index (χ4v) is 2.83. The highest BCUT2D eigenvalue weighted by molar-refractivity contribution is 6.42. The minimum absolute atomic E-state index is 0.163. The Hall–Kier alpha value is -3.38. The van der Waals surface area contributed by atoms with Gasteiger partial charge in [0.25, 0.3) is 5.78 Å². The van der Waals surface area contributed by atoms with Crippen LogP contribution >= 0.6 is 11.6 Å². The predicted molar refractivity (Wildman–Crippen MR) is 99.4 cm³/mol. The standard InChI is InChI=1S/C20H13ClN2O4/c21-13-7-5-12(6-8-13)18-9-14(23-27-18)11-26-20(25)19(24)16-10-22-17-4-2-1-3-15(16)17/h1-10,22H,11H2. The highest BCUT2D eigenvalue weighted by Gasteiger charge is 2.22. The maximum Gasteiger partial charge on any atom is 0.380 e. The second-order valence-corrected chi connectivity index (χ2v) is 6.28. The summed E-state index contributed by atoms with van der Waals surface area (Å²) in [4.78, 5) is 27.4. The first-order chi connectivity index (χ1) is 13.1. The van der Waals surface area contributed by atoms with Crippen LogP contribution in [0, 0.1) is 0 Å². The molecule has 0 saturated heterocycles. The van der Waals surface area contributed by atoms with E-state index in [1.807, 2.05) is 12.1 Å². The molecule has 0 saturated carbocycles. The number of rotatable bonds is 5. The summed E-state index contributed by atoms with van der Waals surface area (Å²) in [6.07, 6.45) is 1.50. The molecule has 0 aliphatic heterocycles. The number of esters is 1. The molecule has 0 bridgehead atoms. The normalized spacial score (nSPS) is 10.9. The van der Waals surface area contributed by atoms with Crippen LogP contribution in [-0.2, 0) is 16.1 Å². The van der Waals surface area contributed by atoms with E-state index in [0.29, 0.717) is 21.9 Å². The number of nitrogens with one attached hydrogen (secondary N) is 1. The summed E-state index contributed by atoms with van der Waals surface area (Å²) in [6, 6.07) is 15.9. The number of aromatic nitrogens is 2. The molecule has 1 N–H and O–H groups in total. The molecule has 0 atom stereocenters. The Morgan fingerprint density at radius 3 is 2.70 bits per heavy atom. The van der Waals surface area contributed by atoms with Crippen LogP contribution in [0.15, 0.2) is 65.3 Å². The Balaban J connectivity index is 1.43. The van der Waals surface area contributed by atoms with Crippen molar-refractivity contribution in [3.05, 3.63) is 77.1 Å². The lowest BCUT2D eigenvalue weighted by molar-refractivity contribution is -0.139. The lowest BCUT2D eigenvalue weighted by Crippen LogP contribution is -2.17. The van der Waals surface area contributed by atoms with Crippen LogP contribution in [0.5, 0.6) is 0 Å². The molecular formula is C20H13ClN2O4. The Morgan fingerprint density at radius 2 is 1.89 bits per heavy atom. The molecule has 7 heteroatoms. The number of nitrogens with zero attached hydrogens (tertiary/aromatic N) is 1. The predicted octanol–water partition coefficient (Wildman–Crippen LogP) is 4.40. The summed E-state index contributed by atoms with van der Waals surface area (Å²) in [5.41, 5.74) is 2.25. The van der Waals surface area contributed by atoms with Crippen LogP contribution < -0.4 is 0 Å². The van der Waals surface area contributed by atoms with Gasteiger partial charge in [0.1, 0.15) is 12.3 Å². The van der Waals surface area contributed by atoms with E-state index < -0.39 is 11.8 Å². The van der Waals surface area contributed by atoms with Crippen LogP contribution in [0.1, 0.15) is 16.1 Å². The largest absolute Gasteiger partial charge is 0.453 e. The number of hydrogen-bond acceptors (Lipinski definition) is 5. The number of fused-ring (bicyclic) bond motifs is 1. The SMILES string of the molecule is O=C(OCc1cc(-c2ccc(Cl)cc2)on1)C(=O)c1c[nH]c2ccccc12. The van der Waals surface area contributed by atoms with Gasteiger partial charge in [-0.1, -0.05) is 35.0 Å². The highest BCUT2D eigenvalue weighted by Crippen LogP contribution is 2.23. The summed E-state index contributed by atoms with van der Waals surface area (Å²) in [6.45, 7) is -0.163. The lowest BCUT2D eigenvalue weighted by Gasteiger charge is -2.01. The van der Waals surface area contributed by atoms with Gasteiger partial charge in [-0.05, 0) is 30.3 Å². The number of carbonyl (C=O) groups excluding carboxylic acids is 2. The number of ether oxygens (including phenoxy) is 1. The Morgan fingerprint density at radius 1 is 1.11 bits per heavy atom. The van der Waals surface area contributed by atoms with Gasteiger partial charge in [0.15, 0.2) is 5.76 Å². The van der Waals surface area contributed by atoms with Crippen LogP contribution in [0.2, 0.25) is 5.02 Å². The number of benzene rings is 2. The second-order valence-electron chi connectivity index (χ2n) is 5.84. The van der Waals surface area contributed by atoms with Crippen LogP contribution in [0.3, 0.4) is 0 Å². The van der Waals surface area contributed by atoms with Crippen molar-refractivity contribution in [1.82, 2.24) is 10.1 Å². The summed E-state index contributed by atoms with van der Waals surface area (Å²) in [5, 5.41) is 5.14. The quantitative estimate of drug-likeness (QED) is 0.315. The minimum atomic E-state index is -0.948. The molecule has 27 heavy (non-hydrogen) atoms. The average molecular weight is 381 g/mol. The minimum Gasteiger partial charge on any atom is -0.453 e. The first kappa shape index (κ1) is 17.1. The first-order valence-electron chi connectivity index (χ1n) is 8.11. The number of halogens is 1. The number of H-pyrrole nitrogens is 1. The van der Waals surface area contributed by atoms with Gasteiger partial charge in [-0.15, -0.1) is 0 Å². The number of Topliss-reactive ketones (excluding diaryl/α,β-unsaturated/α-hetero) is 1. The van der Waals surface area contributed by atoms with Crippen molar-refractivity contribution in [3.63, 3.8) is 0 Å². The van der Waals surface area contributed by atoms with Gasteiger partial charge in [0.05, 0.1) is 5.56 Å². The summed E-state index contributed by atoms with van der Waals surface area (Å²) < 4.78 is 10.3. The number of ketones is 1. The van der Waals surface area contributed by atoms with Crippen molar-refractivity contribution < 1.29 is 18.8 Å². The first-order valence-corrected chi connectivity index (χ1v) is 8.49. The molecule has 0 unspecified atom stereocenters. The van der Waals surface area contributed by atoms with E-state index in [0.717, 1.165) is 11.1 Å². The molecule has 0 amide bonds. The number of para-hydroxylation sites is 1. The molecule has 134 valence electrons. The molecule has 4 aromatic rings. The van der Waals surface area contributed by atoms with Crippen LogP contribution in [0.4, 0.5) is 0 Å². The van der Waals surface area contributed by atoms with Crippen molar-refractivity contribution in [3.8, 4) is 11.3 Å². The van der Waals surface area contributed by atoms with Crippen molar-refractivity contribution >= 4 is 34.3 Å². The fraction of sp³-hybridized carbons (Fsp3) is 0.0500. The molecule has 0 spiro atoms. The zero-order valence-corrected chi connectivity index (χ0v) is 14.7. The third-order valence-corrected chi connectivity index (χ3v) is 4.31. The van der Waals surface area contributed by atoms with Crippen LogP contribution in [-0.4, -0.2) is 21.9 Å². The van der Waals surface area contributed by atoms with E-state index in [9.17, 15) is 9.59 Å². The van der Waals surface area contributed by atoms with Gasteiger partial charge in [-0.3, -0.25) is 4.79 Å². The number of hydrogen-bond donors (Lipinski definition) is 1. The summed E-state index contributed by atoms with van der Waals surface area (Å²) >= 11 is 5.86. The smallest absolute Gasteiger partial charge is 0.380 e. The van der Waals surface area contributed by atoms with Crippen LogP contribution in [0.25, 0.3) is 22.2 Å². The van der Waals surface area contributed by atoms with Crippen molar-refractivity contribution in [2.75, 3.05) is 0 Å². The monoisotopic (exact) mass is 380 g/mol. The molecule has 2 aromatic carbocycles. The van der Waals surface area contributed by atoms with E-state index in [1.54, 1.807) is 42.5 Å². The highest BCUT2D eigenvalue weighted by atomic mass is 35.5. The molecular weight excluding hydrogens is 368 g/mol. The zero-order chi connectivity index (χ0) is 18.8. The van der Waals surface area contributed by atoms with Gasteiger partial charge in [0, 0.05) is 33.8 Å². The van der Waals surface area contributed by atoms with Gasteiger partial charge >= 0.3 is 5.97 Å². The number of carbonyl (C=O) groups is 2. The van der Waals surface area contributed by atoms with E-state index in [1.165, 1.54) is 6.20 Å². The second kappa shape index (κ2) is 7.09. The van der Waals surface area contributed by atoms with E-state index in [4.69, 9.17) is 20.9 Å². The molecule has 0 aliphatic carbocycles. The Kier molecular flexibility index (Phi) is 4.48. The zero-order valence-electron chi connectivity index (χ0n) is 13.9. The van der Waals surface area contributed by atoms with Crippen molar-refractivity contribution in [2.45, 2.75) is 6.61 Å². The average Bonchev–Trinajstić information content (AvgIpc) is 3.33. The number of aromatic amines is 1. The lowest BCUT2D eigenvalue weighted by atomic mass is 10.1. The van der Waals surface area contributed by atoms with E-state index in [-0.39, 0.29) is 12.2 Å². The topological polar surface area (TPSA) is 85.2 Å². The third-order valence-electron chi connectivity index (χ3n) is 4.06. The van der Waals surface area contributed by atoms with E-state index >= 15 is 0 Å². The van der Waals surface area contributed by atoms with Gasteiger partial charge in [-0.25, -0.2) is 4.79 Å². The third kappa shape index (κ3) is 3.47. The molecule has 2 heterocycles. The fourth-order valence-electron chi connectivity index (χ4n) is 2.70. The Labute approximate surface area is 158 Å². The molecule has 0 fully saturated rings. The molecule has 4 rings (SSSR count). The van der Waals surface area contributed by atoms with Gasteiger partial charge in [0.2, 0.25) is 0 Å². The van der Waals surface area contributed by atoms with Gasteiger partial charge < -0.3 is 14.2 Å². The summed E-state index contributed by atoms with van der Waals surface area (Å²) in [5.74, 6) is -1.15. The maximum absolute atomic E-state index is 12.3. The van der Waals surface area contributed by atoms with Gasteiger partial charge in [-0.2, -0.15) is 0 Å². The van der Waals surface area contributed by atoms with Crippen molar-refractivity contribution in [1.29, 1.82) is 0 Å². The molecule has 6 nitrogen and oxygen atoms in total. The van der Waals surface area contributed by atoms with E-state index in [2.05, 4.69) is 10.1 Å². The molecule has 0 radical (unpaired) electrons. The molecule has 2 aromatic heterocycles. The summed E-state index contributed by atoms with van der Waals surface area (Å²) in [7, 11) is 0. The Bertz CT molecular complexity index is 1130. The molecule has 0 aliphatic rings. The van der Waals surface area contributed by atoms with Crippen molar-refractivity contribution in [2.24, 2.45) is 0 Å².